The molecule has 1 aliphatic rings. The van der Waals surface area contributed by atoms with Gasteiger partial charge in [-0.3, -0.25) is 10.1 Å². The van der Waals surface area contributed by atoms with Crippen molar-refractivity contribution in [3.8, 4) is 11.1 Å². The van der Waals surface area contributed by atoms with Gasteiger partial charge in [0, 0.05) is 17.2 Å². The maximum atomic E-state index is 12.6. The van der Waals surface area contributed by atoms with Crippen LogP contribution in [0.2, 0.25) is 0 Å². The van der Waals surface area contributed by atoms with Crippen LogP contribution < -0.4 is 10.6 Å². The molecule has 0 unspecified atom stereocenters. The van der Waals surface area contributed by atoms with Crippen LogP contribution in [-0.4, -0.2) is 35.7 Å². The third-order valence-corrected chi connectivity index (χ3v) is 6.03. The van der Waals surface area contributed by atoms with Crippen molar-refractivity contribution in [2.75, 3.05) is 11.9 Å². The zero-order chi connectivity index (χ0) is 24.9. The number of carbonyl (C=O) groups is 3. The minimum absolute atomic E-state index is 0.0563. The van der Waals surface area contributed by atoms with Crippen LogP contribution in [0.4, 0.5) is 10.5 Å². The molecule has 0 fully saturated rings. The number of carboxylic acid groups (broad SMARTS) is 1. The Balaban J connectivity index is 1.39. The predicted octanol–water partition coefficient (Wildman–Crippen LogP) is 5.28. The van der Waals surface area contributed by atoms with Crippen LogP contribution in [-0.2, 0) is 9.53 Å². The summed E-state index contributed by atoms with van der Waals surface area (Å²) in [7, 11) is 0. The number of carbonyl (C=O) groups excluding carboxylic acids is 2. The number of nitrogens with one attached hydrogen (secondary N) is 2. The molecule has 1 aliphatic carbocycles. The fourth-order valence-electron chi connectivity index (χ4n) is 4.43. The number of fused-ring (bicyclic) bond motifs is 3. The van der Waals surface area contributed by atoms with E-state index in [1.54, 1.807) is 18.2 Å². The Bertz CT molecular complexity index is 1210. The number of rotatable bonds is 8. The fraction of sp³-hybridized carbons (Fsp3) is 0.250. The van der Waals surface area contributed by atoms with Gasteiger partial charge in [0.2, 0.25) is 0 Å². The van der Waals surface area contributed by atoms with Crippen molar-refractivity contribution in [3.63, 3.8) is 0 Å². The molecule has 4 rings (SSSR count). The van der Waals surface area contributed by atoms with E-state index in [1.165, 1.54) is 6.07 Å². The normalized spacial score (nSPS) is 13.0. The molecule has 35 heavy (non-hydrogen) atoms. The summed E-state index contributed by atoms with van der Waals surface area (Å²) in [6, 6.07) is 21.5. The Labute approximate surface area is 204 Å². The standard InChI is InChI=1S/C28H28N2O5/c1-17(2)14-25(27(32)33)30-26(31)18-8-7-9-19(15-18)29-28(34)35-16-24-22-12-5-3-10-20(22)21-11-4-6-13-23(21)24/h3-13,15,17,24-25H,14,16H2,1-2H3,(H,29,34)(H,30,31)(H,32,33)/t25-/m1/s1. The summed E-state index contributed by atoms with van der Waals surface area (Å²) in [5.74, 6) is -1.55. The van der Waals surface area contributed by atoms with E-state index in [4.69, 9.17) is 4.74 Å². The van der Waals surface area contributed by atoms with E-state index in [9.17, 15) is 19.5 Å². The van der Waals surface area contributed by atoms with Crippen LogP contribution in [0.1, 0.15) is 47.7 Å². The molecule has 7 heteroatoms. The molecule has 0 aromatic heterocycles. The Morgan fingerprint density at radius 1 is 0.914 bits per heavy atom. The van der Waals surface area contributed by atoms with Gasteiger partial charge in [0.25, 0.3) is 5.91 Å². The highest BCUT2D eigenvalue weighted by atomic mass is 16.5. The zero-order valence-corrected chi connectivity index (χ0v) is 19.7. The summed E-state index contributed by atoms with van der Waals surface area (Å²) in [6.45, 7) is 3.96. The number of carboxylic acids is 1. The number of anilines is 1. The largest absolute Gasteiger partial charge is 0.480 e. The maximum Gasteiger partial charge on any atom is 0.411 e. The van der Waals surface area contributed by atoms with Crippen molar-refractivity contribution in [1.29, 1.82) is 0 Å². The van der Waals surface area contributed by atoms with Crippen LogP contribution in [0.25, 0.3) is 11.1 Å². The van der Waals surface area contributed by atoms with Crippen molar-refractivity contribution in [2.24, 2.45) is 5.92 Å². The van der Waals surface area contributed by atoms with Gasteiger partial charge in [0.05, 0.1) is 0 Å². The Kier molecular flexibility index (Phi) is 7.15. The number of amides is 2. The lowest BCUT2D eigenvalue weighted by Crippen LogP contribution is -2.41. The van der Waals surface area contributed by atoms with E-state index >= 15 is 0 Å². The first-order valence-electron chi connectivity index (χ1n) is 11.6. The first-order valence-corrected chi connectivity index (χ1v) is 11.6. The lowest BCUT2D eigenvalue weighted by molar-refractivity contribution is -0.139. The second kappa shape index (κ2) is 10.4. The third kappa shape index (κ3) is 5.51. The number of ether oxygens (including phenoxy) is 1. The van der Waals surface area contributed by atoms with Crippen molar-refractivity contribution in [2.45, 2.75) is 32.2 Å². The maximum absolute atomic E-state index is 12.6. The molecule has 3 N–H and O–H groups in total. The molecular formula is C28H28N2O5. The monoisotopic (exact) mass is 472 g/mol. The molecule has 180 valence electrons. The van der Waals surface area contributed by atoms with E-state index in [1.807, 2.05) is 50.2 Å². The average Bonchev–Trinajstić information content (AvgIpc) is 3.16. The molecule has 2 amide bonds. The van der Waals surface area contributed by atoms with Crippen LogP contribution in [0.5, 0.6) is 0 Å². The summed E-state index contributed by atoms with van der Waals surface area (Å²) < 4.78 is 5.56. The van der Waals surface area contributed by atoms with Gasteiger partial charge >= 0.3 is 12.1 Å². The van der Waals surface area contributed by atoms with Gasteiger partial charge in [-0.25, -0.2) is 9.59 Å². The van der Waals surface area contributed by atoms with Crippen molar-refractivity contribution in [3.05, 3.63) is 89.5 Å². The summed E-state index contributed by atoms with van der Waals surface area (Å²) in [6.07, 6.45) is -0.314. The molecule has 0 radical (unpaired) electrons. The molecule has 3 aromatic rings. The summed E-state index contributed by atoms with van der Waals surface area (Å²) in [5, 5.41) is 14.6. The lowest BCUT2D eigenvalue weighted by atomic mass is 9.98. The first-order chi connectivity index (χ1) is 16.8. The van der Waals surface area contributed by atoms with E-state index in [0.29, 0.717) is 12.1 Å². The van der Waals surface area contributed by atoms with Gasteiger partial charge in [-0.05, 0) is 52.8 Å². The molecule has 0 aliphatic heterocycles. The molecule has 0 bridgehead atoms. The molecule has 0 heterocycles. The van der Waals surface area contributed by atoms with E-state index < -0.39 is 24.0 Å². The number of hydrogen-bond donors (Lipinski definition) is 3. The van der Waals surface area contributed by atoms with E-state index in [-0.39, 0.29) is 24.0 Å². The molecule has 0 spiro atoms. The zero-order valence-electron chi connectivity index (χ0n) is 19.7. The van der Waals surface area contributed by atoms with E-state index in [2.05, 4.69) is 22.8 Å². The van der Waals surface area contributed by atoms with Gasteiger partial charge < -0.3 is 15.2 Å². The second-order valence-electron chi connectivity index (χ2n) is 9.03. The second-order valence-corrected chi connectivity index (χ2v) is 9.03. The molecule has 3 aromatic carbocycles. The fourth-order valence-corrected chi connectivity index (χ4v) is 4.43. The van der Waals surface area contributed by atoms with Crippen molar-refractivity contribution >= 4 is 23.7 Å². The first kappa shape index (κ1) is 24.0. The minimum atomic E-state index is -1.08. The van der Waals surface area contributed by atoms with Crippen LogP contribution in [0.15, 0.2) is 72.8 Å². The van der Waals surface area contributed by atoms with Crippen molar-refractivity contribution < 1.29 is 24.2 Å². The Morgan fingerprint density at radius 3 is 2.14 bits per heavy atom. The molecule has 7 nitrogen and oxygen atoms in total. The van der Waals surface area contributed by atoms with Crippen LogP contribution >= 0.6 is 0 Å². The minimum Gasteiger partial charge on any atom is -0.480 e. The Morgan fingerprint density at radius 2 is 1.54 bits per heavy atom. The molecule has 0 saturated heterocycles. The smallest absolute Gasteiger partial charge is 0.411 e. The number of hydrogen-bond acceptors (Lipinski definition) is 4. The molecule has 1 atom stereocenters. The summed E-state index contributed by atoms with van der Waals surface area (Å²) in [4.78, 5) is 36.6. The molecular weight excluding hydrogens is 444 g/mol. The topological polar surface area (TPSA) is 105 Å². The van der Waals surface area contributed by atoms with Crippen LogP contribution in [0.3, 0.4) is 0 Å². The van der Waals surface area contributed by atoms with Gasteiger partial charge in [0.15, 0.2) is 0 Å². The molecule has 0 saturated carbocycles. The highest BCUT2D eigenvalue weighted by molar-refractivity contribution is 5.98. The predicted molar refractivity (Wildman–Crippen MR) is 133 cm³/mol. The summed E-state index contributed by atoms with van der Waals surface area (Å²) >= 11 is 0. The average molecular weight is 473 g/mol. The van der Waals surface area contributed by atoms with Crippen molar-refractivity contribution in [1.82, 2.24) is 5.32 Å². The number of aliphatic carboxylic acids is 1. The van der Waals surface area contributed by atoms with Gasteiger partial charge in [-0.15, -0.1) is 0 Å². The van der Waals surface area contributed by atoms with Crippen LogP contribution in [0, 0.1) is 5.92 Å². The highest BCUT2D eigenvalue weighted by Crippen LogP contribution is 2.44. The quantitative estimate of drug-likeness (QED) is 0.414. The summed E-state index contributed by atoms with van der Waals surface area (Å²) in [5.41, 5.74) is 5.16. The van der Waals surface area contributed by atoms with Gasteiger partial charge in [0.1, 0.15) is 12.6 Å². The van der Waals surface area contributed by atoms with Gasteiger partial charge in [-0.2, -0.15) is 0 Å². The number of benzene rings is 3. The van der Waals surface area contributed by atoms with Gasteiger partial charge in [-0.1, -0.05) is 68.4 Å². The third-order valence-electron chi connectivity index (χ3n) is 6.03. The van der Waals surface area contributed by atoms with E-state index in [0.717, 1.165) is 22.3 Å². The Hall–Kier alpha value is -4.13. The lowest BCUT2D eigenvalue weighted by Gasteiger charge is -2.17. The highest BCUT2D eigenvalue weighted by Gasteiger charge is 2.29. The SMILES string of the molecule is CC(C)C[C@@H](NC(=O)c1cccc(NC(=O)OCC2c3ccccc3-c3ccccc32)c1)C(=O)O.